The molecule has 1 atom stereocenters. The monoisotopic (exact) mass is 387 g/mol. The van der Waals surface area contributed by atoms with E-state index < -0.39 is 18.5 Å². The fourth-order valence-corrected chi connectivity index (χ4v) is 3.00. The van der Waals surface area contributed by atoms with Gasteiger partial charge in [0.2, 0.25) is 0 Å². The summed E-state index contributed by atoms with van der Waals surface area (Å²) in [6, 6.07) is 6.50. The van der Waals surface area contributed by atoms with Crippen molar-refractivity contribution < 1.29 is 17.9 Å². The van der Waals surface area contributed by atoms with Crippen molar-refractivity contribution >= 4 is 11.5 Å². The molecule has 0 amide bonds. The van der Waals surface area contributed by atoms with Gasteiger partial charge in [0.25, 0.3) is 0 Å². The number of fused-ring (bicyclic) bond motifs is 1. The average Bonchev–Trinajstić information content (AvgIpc) is 3.31. The highest BCUT2D eigenvalue weighted by Gasteiger charge is 2.17. The first-order valence-corrected chi connectivity index (χ1v) is 8.49. The second-order valence-corrected chi connectivity index (χ2v) is 6.17. The van der Waals surface area contributed by atoms with Crippen LogP contribution in [-0.4, -0.2) is 26.2 Å². The van der Waals surface area contributed by atoms with Gasteiger partial charge in [0.05, 0.1) is 12.2 Å². The Labute approximate surface area is 158 Å². The Morgan fingerprint density at radius 2 is 2.07 bits per heavy atom. The average molecular weight is 387 g/mol. The van der Waals surface area contributed by atoms with Crippen molar-refractivity contribution in [1.82, 2.24) is 19.6 Å². The number of nitrogens with zero attached hydrogens (tertiary/aromatic N) is 3. The van der Waals surface area contributed by atoms with E-state index in [1.807, 2.05) is 12.3 Å². The second kappa shape index (κ2) is 7.26. The van der Waals surface area contributed by atoms with Gasteiger partial charge >= 0.3 is 6.61 Å². The second-order valence-electron chi connectivity index (χ2n) is 6.17. The normalized spacial score (nSPS) is 12.5. The largest absolute Gasteiger partial charge is 0.434 e. The first-order valence-electron chi connectivity index (χ1n) is 8.49. The molecule has 0 fully saturated rings. The molecule has 0 saturated carbocycles. The summed E-state index contributed by atoms with van der Waals surface area (Å²) in [5.41, 5.74) is 2.66. The van der Waals surface area contributed by atoms with Crippen LogP contribution in [0, 0.1) is 5.82 Å². The molecule has 0 aliphatic heterocycles. The minimum atomic E-state index is -3.00. The standard InChI is InChI=1S/C19H16F3N5O/c1-11(14-8-13(20)2-3-16(14)28-19(21)22)25-17-5-7-27-18(26-17)15(10-24-27)12-4-6-23-9-12/h2-11,19,23H,1H3,(H,25,26). The number of benzene rings is 1. The van der Waals surface area contributed by atoms with Crippen LogP contribution in [0.4, 0.5) is 19.0 Å². The molecule has 1 aromatic carbocycles. The highest BCUT2D eigenvalue weighted by molar-refractivity contribution is 5.77. The van der Waals surface area contributed by atoms with E-state index in [0.717, 1.165) is 23.3 Å². The van der Waals surface area contributed by atoms with Crippen LogP contribution in [0.15, 0.2) is 55.1 Å². The van der Waals surface area contributed by atoms with E-state index in [0.29, 0.717) is 11.5 Å². The summed E-state index contributed by atoms with van der Waals surface area (Å²) in [5, 5.41) is 7.37. The Balaban J connectivity index is 1.65. The Bertz CT molecular complexity index is 1090. The molecule has 0 aliphatic rings. The maximum atomic E-state index is 13.7. The Hall–Kier alpha value is -3.49. The molecular weight excluding hydrogens is 371 g/mol. The lowest BCUT2D eigenvalue weighted by Crippen LogP contribution is -2.12. The van der Waals surface area contributed by atoms with Crippen LogP contribution in [0.1, 0.15) is 18.5 Å². The zero-order chi connectivity index (χ0) is 19.7. The van der Waals surface area contributed by atoms with Gasteiger partial charge in [-0.15, -0.1) is 0 Å². The molecular formula is C19H16F3N5O. The maximum Gasteiger partial charge on any atom is 0.387 e. The van der Waals surface area contributed by atoms with Crippen LogP contribution in [0.25, 0.3) is 16.8 Å². The molecule has 0 bridgehead atoms. The SMILES string of the molecule is CC(Nc1ccn2ncc(-c3cc[nH]c3)c2n1)c1cc(F)ccc1OC(F)F. The molecule has 0 spiro atoms. The number of halogens is 3. The molecule has 3 heterocycles. The lowest BCUT2D eigenvalue weighted by atomic mass is 10.1. The molecule has 6 nitrogen and oxygen atoms in total. The van der Waals surface area contributed by atoms with Gasteiger partial charge < -0.3 is 15.0 Å². The summed E-state index contributed by atoms with van der Waals surface area (Å²) in [6.07, 6.45) is 7.08. The van der Waals surface area contributed by atoms with Crippen LogP contribution in [0.2, 0.25) is 0 Å². The van der Waals surface area contributed by atoms with Crippen molar-refractivity contribution in [2.24, 2.45) is 0 Å². The molecule has 144 valence electrons. The van der Waals surface area contributed by atoms with Crippen LogP contribution >= 0.6 is 0 Å². The summed E-state index contributed by atoms with van der Waals surface area (Å²) in [7, 11) is 0. The van der Waals surface area contributed by atoms with E-state index in [4.69, 9.17) is 0 Å². The zero-order valence-corrected chi connectivity index (χ0v) is 14.7. The molecule has 9 heteroatoms. The van der Waals surface area contributed by atoms with E-state index in [1.165, 1.54) is 6.07 Å². The molecule has 3 aromatic heterocycles. The molecule has 1 unspecified atom stereocenters. The lowest BCUT2D eigenvalue weighted by Gasteiger charge is -2.19. The van der Waals surface area contributed by atoms with Gasteiger partial charge in [-0.25, -0.2) is 13.9 Å². The third kappa shape index (κ3) is 3.51. The molecule has 0 radical (unpaired) electrons. The summed E-state index contributed by atoms with van der Waals surface area (Å²) < 4.78 is 45.1. The van der Waals surface area contributed by atoms with Gasteiger partial charge in [-0.2, -0.15) is 13.9 Å². The van der Waals surface area contributed by atoms with Crippen LogP contribution in [0.3, 0.4) is 0 Å². The molecule has 0 aliphatic carbocycles. The van der Waals surface area contributed by atoms with E-state index in [9.17, 15) is 13.2 Å². The number of aromatic nitrogens is 4. The Kier molecular flexibility index (Phi) is 4.64. The van der Waals surface area contributed by atoms with Gasteiger partial charge in [0, 0.05) is 35.3 Å². The topological polar surface area (TPSA) is 67.2 Å². The van der Waals surface area contributed by atoms with Crippen molar-refractivity contribution in [2.75, 3.05) is 5.32 Å². The first-order chi connectivity index (χ1) is 13.5. The number of hydrogen-bond acceptors (Lipinski definition) is 4. The van der Waals surface area contributed by atoms with E-state index in [1.54, 1.807) is 36.1 Å². The number of H-pyrrole nitrogens is 1. The predicted octanol–water partition coefficient (Wildman–Crippen LogP) is 4.64. The first kappa shape index (κ1) is 17.9. The number of ether oxygens (including phenoxy) is 1. The van der Waals surface area contributed by atoms with E-state index in [-0.39, 0.29) is 11.3 Å². The van der Waals surface area contributed by atoms with Crippen molar-refractivity contribution in [1.29, 1.82) is 0 Å². The molecule has 4 aromatic rings. The number of hydrogen-bond donors (Lipinski definition) is 2. The highest BCUT2D eigenvalue weighted by atomic mass is 19.3. The predicted molar refractivity (Wildman–Crippen MR) is 97.8 cm³/mol. The van der Waals surface area contributed by atoms with Crippen molar-refractivity contribution in [3.8, 4) is 16.9 Å². The molecule has 4 rings (SSSR count). The summed E-state index contributed by atoms with van der Waals surface area (Å²) in [5.74, 6) is -0.140. The summed E-state index contributed by atoms with van der Waals surface area (Å²) >= 11 is 0. The van der Waals surface area contributed by atoms with Gasteiger partial charge in [-0.1, -0.05) is 0 Å². The Morgan fingerprint density at radius 1 is 1.21 bits per heavy atom. The van der Waals surface area contributed by atoms with Gasteiger partial charge in [-0.3, -0.25) is 0 Å². The summed E-state index contributed by atoms with van der Waals surface area (Å²) in [6.45, 7) is -1.29. The number of rotatable bonds is 6. The minimum absolute atomic E-state index is 0.0881. The molecule has 0 saturated heterocycles. The zero-order valence-electron chi connectivity index (χ0n) is 14.7. The lowest BCUT2D eigenvalue weighted by molar-refractivity contribution is -0.0505. The van der Waals surface area contributed by atoms with Gasteiger partial charge in [0.1, 0.15) is 17.4 Å². The third-order valence-corrected chi connectivity index (χ3v) is 4.30. The van der Waals surface area contributed by atoms with Crippen LogP contribution in [-0.2, 0) is 0 Å². The van der Waals surface area contributed by atoms with Crippen LogP contribution in [0.5, 0.6) is 5.75 Å². The van der Waals surface area contributed by atoms with Crippen molar-refractivity contribution in [3.05, 3.63) is 66.5 Å². The Morgan fingerprint density at radius 3 is 2.82 bits per heavy atom. The van der Waals surface area contributed by atoms with E-state index >= 15 is 0 Å². The fraction of sp³-hybridized carbons (Fsp3) is 0.158. The minimum Gasteiger partial charge on any atom is -0.434 e. The number of anilines is 1. The van der Waals surface area contributed by atoms with E-state index in [2.05, 4.69) is 25.1 Å². The number of nitrogens with one attached hydrogen (secondary N) is 2. The summed E-state index contributed by atoms with van der Waals surface area (Å²) in [4.78, 5) is 7.55. The molecule has 28 heavy (non-hydrogen) atoms. The fourth-order valence-electron chi connectivity index (χ4n) is 3.00. The van der Waals surface area contributed by atoms with Gasteiger partial charge in [-0.05, 0) is 37.3 Å². The number of alkyl halides is 2. The van der Waals surface area contributed by atoms with Crippen LogP contribution < -0.4 is 10.1 Å². The number of aromatic amines is 1. The third-order valence-electron chi connectivity index (χ3n) is 4.30. The van der Waals surface area contributed by atoms with Crippen molar-refractivity contribution in [2.45, 2.75) is 19.6 Å². The quantitative estimate of drug-likeness (QED) is 0.506. The van der Waals surface area contributed by atoms with Crippen molar-refractivity contribution in [3.63, 3.8) is 0 Å². The van der Waals surface area contributed by atoms with Gasteiger partial charge in [0.15, 0.2) is 5.65 Å². The maximum absolute atomic E-state index is 13.7. The molecule has 2 N–H and O–H groups in total. The highest BCUT2D eigenvalue weighted by Crippen LogP contribution is 2.30. The smallest absolute Gasteiger partial charge is 0.387 e.